The van der Waals surface area contributed by atoms with Crippen molar-refractivity contribution in [2.75, 3.05) is 24.9 Å². The minimum Gasteiger partial charge on any atom is -0.497 e. The highest BCUT2D eigenvalue weighted by Gasteiger charge is 2.24. The van der Waals surface area contributed by atoms with Gasteiger partial charge in [0.2, 0.25) is 5.91 Å². The molecular formula is C38H32ClN3O5S. The van der Waals surface area contributed by atoms with E-state index in [4.69, 9.17) is 21.1 Å². The number of nitrogens with one attached hydrogen (secondary N) is 3. The van der Waals surface area contributed by atoms with E-state index in [0.717, 1.165) is 10.5 Å². The summed E-state index contributed by atoms with van der Waals surface area (Å²) in [5.74, 6) is -0.102. The maximum atomic E-state index is 13.7. The standard InChI is InChI=1S/C38H32ClN3O5S/c1-46-30-18-21-32(34(24-30)47-2)41-38(45)35(26-11-5-3-6-12-26)48-31-19-16-29(17-20-31)40-37(44)33(23-25-10-9-15-28(39)22-25)42-36(43)27-13-7-4-8-14-27/h3-24,35H,1-2H3,(H,40,44)(H,41,45)(H,42,43)/b33-23-. The summed E-state index contributed by atoms with van der Waals surface area (Å²) in [5, 5.41) is 8.47. The van der Waals surface area contributed by atoms with Gasteiger partial charge in [0.15, 0.2) is 0 Å². The van der Waals surface area contributed by atoms with Crippen molar-refractivity contribution in [2.45, 2.75) is 10.1 Å². The van der Waals surface area contributed by atoms with E-state index in [1.165, 1.54) is 18.9 Å². The maximum Gasteiger partial charge on any atom is 0.272 e. The zero-order chi connectivity index (χ0) is 33.9. The van der Waals surface area contributed by atoms with Gasteiger partial charge in [-0.3, -0.25) is 14.4 Å². The molecule has 8 nitrogen and oxygen atoms in total. The maximum absolute atomic E-state index is 13.7. The molecule has 0 heterocycles. The average molecular weight is 678 g/mol. The molecular weight excluding hydrogens is 646 g/mol. The molecule has 0 aromatic heterocycles. The first-order valence-electron chi connectivity index (χ1n) is 14.8. The third kappa shape index (κ3) is 9.06. The van der Waals surface area contributed by atoms with Crippen molar-refractivity contribution in [3.8, 4) is 11.5 Å². The SMILES string of the molecule is COc1ccc(NC(=O)C(Sc2ccc(NC(=O)/C(=C/c3cccc(Cl)c3)NC(=O)c3ccccc3)cc2)c2ccccc2)c(OC)c1. The van der Waals surface area contributed by atoms with Crippen molar-refractivity contribution in [3.05, 3.63) is 155 Å². The minimum absolute atomic E-state index is 0.0411. The Balaban J connectivity index is 1.33. The second-order valence-electron chi connectivity index (χ2n) is 10.4. The van der Waals surface area contributed by atoms with Gasteiger partial charge in [0, 0.05) is 27.2 Å². The number of thioether (sulfide) groups is 1. The number of benzene rings is 5. The number of hydrogen-bond donors (Lipinski definition) is 3. The third-order valence-corrected chi connectivity index (χ3v) is 8.56. The van der Waals surface area contributed by atoms with Crippen molar-refractivity contribution < 1.29 is 23.9 Å². The molecule has 0 aliphatic carbocycles. The van der Waals surface area contributed by atoms with Crippen molar-refractivity contribution in [1.82, 2.24) is 5.32 Å². The number of hydrogen-bond acceptors (Lipinski definition) is 6. The molecule has 0 saturated heterocycles. The topological polar surface area (TPSA) is 106 Å². The fourth-order valence-corrected chi connectivity index (χ4v) is 5.88. The van der Waals surface area contributed by atoms with Gasteiger partial charge in [0.25, 0.3) is 11.8 Å². The summed E-state index contributed by atoms with van der Waals surface area (Å²) in [6, 6.07) is 37.3. The molecule has 0 radical (unpaired) electrons. The van der Waals surface area contributed by atoms with Crippen molar-refractivity contribution in [1.29, 1.82) is 0 Å². The Morgan fingerprint density at radius 1 is 0.750 bits per heavy atom. The van der Waals surface area contributed by atoms with E-state index in [-0.39, 0.29) is 11.6 Å². The van der Waals surface area contributed by atoms with E-state index >= 15 is 0 Å². The molecule has 3 N–H and O–H groups in total. The number of carbonyl (C=O) groups is 3. The van der Waals surface area contributed by atoms with E-state index in [0.29, 0.717) is 39.0 Å². The summed E-state index contributed by atoms with van der Waals surface area (Å²) in [7, 11) is 3.09. The molecule has 3 amide bonds. The van der Waals surface area contributed by atoms with Gasteiger partial charge in [-0.1, -0.05) is 72.3 Å². The number of anilines is 2. The van der Waals surface area contributed by atoms with E-state index < -0.39 is 17.1 Å². The summed E-state index contributed by atoms with van der Waals surface area (Å²) in [6.45, 7) is 0. The fraction of sp³-hybridized carbons (Fsp3) is 0.0789. The van der Waals surface area contributed by atoms with Crippen LogP contribution in [0.4, 0.5) is 11.4 Å². The van der Waals surface area contributed by atoms with Gasteiger partial charge in [-0.25, -0.2) is 0 Å². The van der Waals surface area contributed by atoms with Crippen molar-refractivity contribution in [2.24, 2.45) is 0 Å². The van der Waals surface area contributed by atoms with Crippen LogP contribution in [0.3, 0.4) is 0 Å². The number of halogens is 1. The molecule has 0 saturated carbocycles. The summed E-state index contributed by atoms with van der Waals surface area (Å²) in [5.41, 5.74) is 2.92. The number of carbonyl (C=O) groups excluding carboxylic acids is 3. The van der Waals surface area contributed by atoms with Crippen LogP contribution in [-0.4, -0.2) is 31.9 Å². The second kappa shape index (κ2) is 16.4. The number of methoxy groups -OCH3 is 2. The molecule has 48 heavy (non-hydrogen) atoms. The highest BCUT2D eigenvalue weighted by Crippen LogP contribution is 2.38. The van der Waals surface area contributed by atoms with E-state index in [1.807, 2.05) is 42.5 Å². The van der Waals surface area contributed by atoms with Gasteiger partial charge in [-0.15, -0.1) is 11.8 Å². The number of amides is 3. The predicted molar refractivity (Wildman–Crippen MR) is 192 cm³/mol. The van der Waals surface area contributed by atoms with E-state index in [2.05, 4.69) is 16.0 Å². The van der Waals surface area contributed by atoms with Gasteiger partial charge >= 0.3 is 0 Å². The molecule has 5 rings (SSSR count). The zero-order valence-electron chi connectivity index (χ0n) is 26.1. The summed E-state index contributed by atoms with van der Waals surface area (Å²) >= 11 is 7.52. The largest absolute Gasteiger partial charge is 0.497 e. The normalized spacial score (nSPS) is 11.6. The van der Waals surface area contributed by atoms with Gasteiger partial charge in [-0.05, 0) is 77.9 Å². The van der Waals surface area contributed by atoms with Gasteiger partial charge < -0.3 is 25.4 Å². The Morgan fingerprint density at radius 2 is 1.46 bits per heavy atom. The van der Waals surface area contributed by atoms with Crippen LogP contribution in [0.5, 0.6) is 11.5 Å². The molecule has 5 aromatic rings. The Hall–Kier alpha value is -5.51. The minimum atomic E-state index is -0.598. The lowest BCUT2D eigenvalue weighted by molar-refractivity contribution is -0.116. The van der Waals surface area contributed by atoms with Gasteiger partial charge in [0.1, 0.15) is 22.4 Å². The molecule has 0 aliphatic heterocycles. The van der Waals surface area contributed by atoms with Crippen LogP contribution >= 0.6 is 23.4 Å². The van der Waals surface area contributed by atoms with Crippen molar-refractivity contribution in [3.63, 3.8) is 0 Å². The first-order chi connectivity index (χ1) is 23.3. The first-order valence-corrected chi connectivity index (χ1v) is 16.1. The second-order valence-corrected chi connectivity index (χ2v) is 12.0. The molecule has 0 spiro atoms. The molecule has 0 fully saturated rings. The van der Waals surface area contributed by atoms with Crippen LogP contribution in [0.2, 0.25) is 5.02 Å². The highest BCUT2D eigenvalue weighted by atomic mass is 35.5. The molecule has 0 aliphatic rings. The van der Waals surface area contributed by atoms with Crippen LogP contribution in [0.25, 0.3) is 6.08 Å². The Kier molecular flexibility index (Phi) is 11.5. The van der Waals surface area contributed by atoms with E-state index in [9.17, 15) is 14.4 Å². The molecule has 1 unspecified atom stereocenters. The van der Waals surface area contributed by atoms with Crippen LogP contribution in [0.1, 0.15) is 26.7 Å². The van der Waals surface area contributed by atoms with Crippen molar-refractivity contribution >= 4 is 58.5 Å². The lowest BCUT2D eigenvalue weighted by Gasteiger charge is -2.19. The van der Waals surface area contributed by atoms with E-state index in [1.54, 1.807) is 98.1 Å². The number of ether oxygens (including phenoxy) is 2. The highest BCUT2D eigenvalue weighted by molar-refractivity contribution is 8.00. The zero-order valence-corrected chi connectivity index (χ0v) is 27.7. The lowest BCUT2D eigenvalue weighted by atomic mass is 10.1. The average Bonchev–Trinajstić information content (AvgIpc) is 3.11. The molecule has 0 bridgehead atoms. The third-order valence-electron chi connectivity index (χ3n) is 7.06. The smallest absolute Gasteiger partial charge is 0.272 e. The van der Waals surface area contributed by atoms with Crippen LogP contribution in [0.15, 0.2) is 138 Å². The summed E-state index contributed by atoms with van der Waals surface area (Å²) in [6.07, 6.45) is 1.56. The Bertz CT molecular complexity index is 1920. The molecule has 5 aromatic carbocycles. The first kappa shape index (κ1) is 33.8. The van der Waals surface area contributed by atoms with Gasteiger partial charge in [0.05, 0.1) is 19.9 Å². The monoisotopic (exact) mass is 677 g/mol. The fourth-order valence-electron chi connectivity index (χ4n) is 4.66. The Labute approximate surface area is 288 Å². The summed E-state index contributed by atoms with van der Waals surface area (Å²) < 4.78 is 10.7. The Morgan fingerprint density at radius 3 is 2.12 bits per heavy atom. The summed E-state index contributed by atoms with van der Waals surface area (Å²) in [4.78, 5) is 40.9. The molecule has 10 heteroatoms. The van der Waals surface area contributed by atoms with Gasteiger partial charge in [-0.2, -0.15) is 0 Å². The number of rotatable bonds is 12. The lowest BCUT2D eigenvalue weighted by Crippen LogP contribution is -2.30. The van der Waals surface area contributed by atoms with Crippen LogP contribution < -0.4 is 25.4 Å². The van der Waals surface area contributed by atoms with Crippen LogP contribution in [-0.2, 0) is 9.59 Å². The predicted octanol–water partition coefficient (Wildman–Crippen LogP) is 8.24. The molecule has 1 atom stereocenters. The molecule has 242 valence electrons. The quantitative estimate of drug-likeness (QED) is 0.0908. The van der Waals surface area contributed by atoms with Crippen LogP contribution in [0, 0.1) is 0 Å².